The van der Waals surface area contributed by atoms with Crippen molar-refractivity contribution < 1.29 is 4.79 Å². The fraction of sp³-hybridized carbons (Fsp3) is 0.292. The highest BCUT2D eigenvalue weighted by atomic mass is 32.1. The number of thiophene rings is 1. The van der Waals surface area contributed by atoms with Crippen LogP contribution < -0.4 is 10.2 Å². The van der Waals surface area contributed by atoms with Crippen molar-refractivity contribution in [3.8, 4) is 0 Å². The molecule has 0 radical (unpaired) electrons. The number of fused-ring (bicyclic) bond motifs is 2. The number of aryl methyl sites for hydroxylation is 1. The summed E-state index contributed by atoms with van der Waals surface area (Å²) in [4.78, 5) is 17.1. The minimum absolute atomic E-state index is 0.0529. The van der Waals surface area contributed by atoms with Gasteiger partial charge in [0.2, 0.25) is 5.91 Å². The molecule has 4 heteroatoms. The second kappa shape index (κ2) is 7.44. The molecule has 0 fully saturated rings. The third kappa shape index (κ3) is 3.22. The fourth-order valence-electron chi connectivity index (χ4n) is 4.56. The summed E-state index contributed by atoms with van der Waals surface area (Å²) in [6.45, 7) is 1.91. The Morgan fingerprint density at radius 2 is 1.86 bits per heavy atom. The number of benzene rings is 2. The van der Waals surface area contributed by atoms with Gasteiger partial charge < -0.3 is 10.2 Å². The number of nitrogens with zero attached hydrogens (tertiary/aromatic N) is 1. The SMILES string of the molecule is O=C(Nc1ccccc1N1CCc2sccc2C1)C1CCCc2ccccc21. The first-order chi connectivity index (χ1) is 13.8. The van der Waals surface area contributed by atoms with Gasteiger partial charge in [-0.25, -0.2) is 0 Å². The fourth-order valence-corrected chi connectivity index (χ4v) is 5.44. The van der Waals surface area contributed by atoms with Crippen molar-refractivity contribution in [2.24, 2.45) is 0 Å². The summed E-state index contributed by atoms with van der Waals surface area (Å²) in [5.41, 5.74) is 5.98. The van der Waals surface area contributed by atoms with Crippen molar-refractivity contribution in [1.29, 1.82) is 0 Å². The van der Waals surface area contributed by atoms with Crippen LogP contribution in [-0.4, -0.2) is 12.5 Å². The molecule has 5 rings (SSSR count). The van der Waals surface area contributed by atoms with Gasteiger partial charge in [0.25, 0.3) is 0 Å². The van der Waals surface area contributed by atoms with Gasteiger partial charge in [-0.2, -0.15) is 0 Å². The van der Waals surface area contributed by atoms with E-state index < -0.39 is 0 Å². The first kappa shape index (κ1) is 17.5. The zero-order valence-electron chi connectivity index (χ0n) is 15.9. The molecule has 0 spiro atoms. The second-order valence-electron chi connectivity index (χ2n) is 7.69. The van der Waals surface area contributed by atoms with Crippen molar-refractivity contribution in [3.63, 3.8) is 0 Å². The van der Waals surface area contributed by atoms with Crippen molar-refractivity contribution in [3.05, 3.63) is 81.5 Å². The molecule has 28 heavy (non-hydrogen) atoms. The first-order valence-corrected chi connectivity index (χ1v) is 11.0. The standard InChI is InChI=1S/C24H24N2OS/c27-24(20-9-5-7-17-6-1-2-8-19(17)20)25-21-10-3-4-11-22(21)26-14-12-23-18(16-26)13-15-28-23/h1-4,6,8,10-11,13,15,20H,5,7,9,12,14,16H2,(H,25,27). The molecular weight excluding hydrogens is 364 g/mol. The molecule has 0 saturated carbocycles. The van der Waals surface area contributed by atoms with Gasteiger partial charge in [0, 0.05) is 18.0 Å². The maximum Gasteiger partial charge on any atom is 0.231 e. The minimum Gasteiger partial charge on any atom is -0.365 e. The summed E-state index contributed by atoms with van der Waals surface area (Å²) in [5.74, 6) is 0.0654. The minimum atomic E-state index is -0.0529. The van der Waals surface area contributed by atoms with Crippen molar-refractivity contribution in [1.82, 2.24) is 0 Å². The Kier molecular flexibility index (Phi) is 4.65. The number of hydrogen-bond donors (Lipinski definition) is 1. The lowest BCUT2D eigenvalue weighted by Crippen LogP contribution is -2.31. The van der Waals surface area contributed by atoms with Crippen molar-refractivity contribution in [2.75, 3.05) is 16.8 Å². The summed E-state index contributed by atoms with van der Waals surface area (Å²) in [6.07, 6.45) is 4.15. The third-order valence-electron chi connectivity index (χ3n) is 6.00. The molecule has 1 amide bonds. The molecule has 0 saturated heterocycles. The summed E-state index contributed by atoms with van der Waals surface area (Å²) < 4.78 is 0. The van der Waals surface area contributed by atoms with E-state index in [1.807, 2.05) is 29.5 Å². The number of carbonyl (C=O) groups excluding carboxylic acids is 1. The predicted octanol–water partition coefficient (Wildman–Crippen LogP) is 5.37. The van der Waals surface area contributed by atoms with Crippen LogP contribution in [0.25, 0.3) is 0 Å². The van der Waals surface area contributed by atoms with E-state index in [-0.39, 0.29) is 11.8 Å². The average molecular weight is 389 g/mol. The van der Waals surface area contributed by atoms with E-state index in [2.05, 4.69) is 52.0 Å². The molecule has 1 aromatic heterocycles. The Morgan fingerprint density at radius 3 is 2.82 bits per heavy atom. The molecule has 2 aliphatic rings. The van der Waals surface area contributed by atoms with E-state index in [0.717, 1.165) is 50.1 Å². The summed E-state index contributed by atoms with van der Waals surface area (Å²) in [6, 6.07) is 18.9. The Labute approximate surface area is 170 Å². The van der Waals surface area contributed by atoms with Crippen LogP contribution in [-0.2, 0) is 24.2 Å². The predicted molar refractivity (Wildman–Crippen MR) is 116 cm³/mol. The highest BCUT2D eigenvalue weighted by Gasteiger charge is 2.27. The Morgan fingerprint density at radius 1 is 1.00 bits per heavy atom. The normalized spacial score (nSPS) is 18.3. The highest BCUT2D eigenvalue weighted by molar-refractivity contribution is 7.10. The molecule has 142 valence electrons. The molecular formula is C24H24N2OS. The zero-order valence-corrected chi connectivity index (χ0v) is 16.7. The Balaban J connectivity index is 1.39. The molecule has 1 aliphatic heterocycles. The molecule has 3 nitrogen and oxygen atoms in total. The lowest BCUT2D eigenvalue weighted by molar-refractivity contribution is -0.117. The molecule has 1 atom stereocenters. The maximum absolute atomic E-state index is 13.2. The molecule has 3 aromatic rings. The van der Waals surface area contributed by atoms with Gasteiger partial charge in [0.1, 0.15) is 0 Å². The van der Waals surface area contributed by atoms with Gasteiger partial charge in [0.15, 0.2) is 0 Å². The van der Waals surface area contributed by atoms with E-state index in [4.69, 9.17) is 0 Å². The van der Waals surface area contributed by atoms with E-state index in [1.54, 1.807) is 0 Å². The van der Waals surface area contributed by atoms with Gasteiger partial charge in [0.05, 0.1) is 17.3 Å². The van der Waals surface area contributed by atoms with Crippen LogP contribution >= 0.6 is 11.3 Å². The number of hydrogen-bond acceptors (Lipinski definition) is 3. The number of anilines is 2. The lowest BCUT2D eigenvalue weighted by atomic mass is 9.82. The number of amides is 1. The van der Waals surface area contributed by atoms with Crippen molar-refractivity contribution >= 4 is 28.6 Å². The van der Waals surface area contributed by atoms with Crippen LogP contribution in [0.4, 0.5) is 11.4 Å². The van der Waals surface area contributed by atoms with Gasteiger partial charge in [-0.15, -0.1) is 11.3 Å². The molecule has 1 N–H and O–H groups in total. The Hall–Kier alpha value is -2.59. The number of nitrogens with one attached hydrogen (secondary N) is 1. The Bertz CT molecular complexity index is 1010. The van der Waals surface area contributed by atoms with E-state index in [1.165, 1.54) is 21.6 Å². The second-order valence-corrected chi connectivity index (χ2v) is 8.69. The summed E-state index contributed by atoms with van der Waals surface area (Å²) >= 11 is 1.85. The highest BCUT2D eigenvalue weighted by Crippen LogP contribution is 2.35. The number of para-hydroxylation sites is 2. The van der Waals surface area contributed by atoms with Crippen molar-refractivity contribution in [2.45, 2.75) is 38.1 Å². The number of rotatable bonds is 3. The van der Waals surface area contributed by atoms with Gasteiger partial charge in [-0.3, -0.25) is 4.79 Å². The molecule has 0 bridgehead atoms. The third-order valence-corrected chi connectivity index (χ3v) is 7.02. The summed E-state index contributed by atoms with van der Waals surface area (Å²) in [5, 5.41) is 5.44. The smallest absolute Gasteiger partial charge is 0.231 e. The van der Waals surface area contributed by atoms with Crippen LogP contribution in [0.1, 0.15) is 40.3 Å². The maximum atomic E-state index is 13.2. The van der Waals surface area contributed by atoms with E-state index >= 15 is 0 Å². The van der Waals surface area contributed by atoms with Gasteiger partial charge in [-0.1, -0.05) is 36.4 Å². The van der Waals surface area contributed by atoms with Gasteiger partial charge >= 0.3 is 0 Å². The largest absolute Gasteiger partial charge is 0.365 e. The molecule has 2 heterocycles. The average Bonchev–Trinajstić information content (AvgIpc) is 3.21. The molecule has 2 aromatic carbocycles. The van der Waals surface area contributed by atoms with E-state index in [0.29, 0.717) is 0 Å². The number of carbonyl (C=O) groups is 1. The van der Waals surface area contributed by atoms with Crippen LogP contribution in [0.15, 0.2) is 60.0 Å². The lowest BCUT2D eigenvalue weighted by Gasteiger charge is -2.31. The molecule has 1 aliphatic carbocycles. The van der Waals surface area contributed by atoms with Crippen LogP contribution in [0.5, 0.6) is 0 Å². The monoisotopic (exact) mass is 388 g/mol. The van der Waals surface area contributed by atoms with Gasteiger partial charge in [-0.05, 0) is 66.0 Å². The summed E-state index contributed by atoms with van der Waals surface area (Å²) in [7, 11) is 0. The van der Waals surface area contributed by atoms with Crippen LogP contribution in [0.3, 0.4) is 0 Å². The van der Waals surface area contributed by atoms with Crippen LogP contribution in [0, 0.1) is 0 Å². The molecule has 1 unspecified atom stereocenters. The zero-order chi connectivity index (χ0) is 18.9. The quantitative estimate of drug-likeness (QED) is 0.654. The first-order valence-electron chi connectivity index (χ1n) is 10.1. The van der Waals surface area contributed by atoms with Crippen LogP contribution in [0.2, 0.25) is 0 Å². The topological polar surface area (TPSA) is 32.3 Å². The van der Waals surface area contributed by atoms with E-state index in [9.17, 15) is 4.79 Å².